The SMILES string of the molecule is CN1CCCC(CNC(=O)/C=C/C(=O)c2ccc(C3CCCCC3)cc2)C1. The van der Waals surface area contributed by atoms with Gasteiger partial charge in [-0.15, -0.1) is 0 Å². The molecule has 0 radical (unpaired) electrons. The molecule has 2 aliphatic rings. The molecule has 4 nitrogen and oxygen atoms in total. The van der Waals surface area contributed by atoms with Gasteiger partial charge in [-0.05, 0) is 62.8 Å². The van der Waals surface area contributed by atoms with Crippen LogP contribution in [0.2, 0.25) is 0 Å². The maximum absolute atomic E-state index is 12.3. The number of nitrogens with one attached hydrogen (secondary N) is 1. The van der Waals surface area contributed by atoms with Crippen LogP contribution in [0.3, 0.4) is 0 Å². The molecule has 2 fully saturated rings. The maximum atomic E-state index is 12.3. The molecule has 1 saturated heterocycles. The van der Waals surface area contributed by atoms with Gasteiger partial charge in [-0.2, -0.15) is 0 Å². The lowest BCUT2D eigenvalue weighted by Gasteiger charge is -2.29. The third kappa shape index (κ3) is 6.03. The zero-order chi connectivity index (χ0) is 19.1. The largest absolute Gasteiger partial charge is 0.352 e. The van der Waals surface area contributed by atoms with Crippen molar-refractivity contribution in [2.45, 2.75) is 50.9 Å². The fraction of sp³-hybridized carbons (Fsp3) is 0.565. The molecule has 1 amide bonds. The summed E-state index contributed by atoms with van der Waals surface area (Å²) < 4.78 is 0. The molecule has 0 aromatic heterocycles. The predicted molar refractivity (Wildman–Crippen MR) is 109 cm³/mol. The molecule has 1 aliphatic heterocycles. The molecule has 1 unspecified atom stereocenters. The lowest BCUT2D eigenvalue weighted by Crippen LogP contribution is -2.38. The maximum Gasteiger partial charge on any atom is 0.244 e. The predicted octanol–water partition coefficient (Wildman–Crippen LogP) is 3.93. The highest BCUT2D eigenvalue weighted by Crippen LogP contribution is 2.32. The standard InChI is InChI=1S/C23H32N2O2/c1-25-15-5-6-18(17-25)16-24-23(27)14-13-22(26)21-11-9-20(10-12-21)19-7-3-2-4-8-19/h9-14,18-19H,2-8,15-17H2,1H3,(H,24,27)/b14-13+. The fourth-order valence-electron chi connectivity index (χ4n) is 4.35. The van der Waals surface area contributed by atoms with Crippen LogP contribution < -0.4 is 5.32 Å². The molecule has 1 aromatic rings. The molecule has 0 bridgehead atoms. The number of likely N-dealkylation sites (tertiary alicyclic amines) is 1. The number of ketones is 1. The number of piperidine rings is 1. The first-order valence-corrected chi connectivity index (χ1v) is 10.4. The van der Waals surface area contributed by atoms with Gasteiger partial charge in [0, 0.05) is 24.7 Å². The Hall–Kier alpha value is -1.94. The van der Waals surface area contributed by atoms with Gasteiger partial charge in [0.2, 0.25) is 5.91 Å². The van der Waals surface area contributed by atoms with Crippen LogP contribution in [0.4, 0.5) is 0 Å². The lowest BCUT2D eigenvalue weighted by molar-refractivity contribution is -0.116. The van der Waals surface area contributed by atoms with Gasteiger partial charge in [0.05, 0.1) is 0 Å². The smallest absolute Gasteiger partial charge is 0.244 e. The van der Waals surface area contributed by atoms with Gasteiger partial charge in [0.25, 0.3) is 0 Å². The van der Waals surface area contributed by atoms with Gasteiger partial charge in [0.15, 0.2) is 5.78 Å². The second-order valence-corrected chi connectivity index (χ2v) is 8.17. The summed E-state index contributed by atoms with van der Waals surface area (Å²) >= 11 is 0. The van der Waals surface area contributed by atoms with E-state index in [9.17, 15) is 9.59 Å². The third-order valence-electron chi connectivity index (χ3n) is 5.94. The van der Waals surface area contributed by atoms with Crippen molar-refractivity contribution < 1.29 is 9.59 Å². The number of rotatable bonds is 6. The van der Waals surface area contributed by atoms with E-state index in [0.717, 1.165) is 19.5 Å². The molecule has 1 aliphatic carbocycles. The Morgan fingerprint density at radius 3 is 2.48 bits per heavy atom. The molecule has 146 valence electrons. The van der Waals surface area contributed by atoms with Crippen molar-refractivity contribution in [2.75, 3.05) is 26.7 Å². The van der Waals surface area contributed by atoms with E-state index < -0.39 is 0 Å². The molecule has 1 atom stereocenters. The number of benzene rings is 1. The van der Waals surface area contributed by atoms with Crippen LogP contribution in [0.15, 0.2) is 36.4 Å². The summed E-state index contributed by atoms with van der Waals surface area (Å²) in [6.07, 6.45) is 11.6. The van der Waals surface area contributed by atoms with Crippen molar-refractivity contribution in [1.29, 1.82) is 0 Å². The Bertz CT molecular complexity index is 659. The number of amides is 1. The quantitative estimate of drug-likeness (QED) is 0.611. The first-order chi connectivity index (χ1) is 13.1. The van der Waals surface area contributed by atoms with Crippen molar-refractivity contribution in [1.82, 2.24) is 10.2 Å². The molecule has 1 N–H and O–H groups in total. The van der Waals surface area contributed by atoms with E-state index in [-0.39, 0.29) is 11.7 Å². The lowest BCUT2D eigenvalue weighted by atomic mass is 9.84. The number of carbonyl (C=O) groups is 2. The second-order valence-electron chi connectivity index (χ2n) is 8.17. The number of nitrogens with zero attached hydrogens (tertiary/aromatic N) is 1. The van der Waals surface area contributed by atoms with Gasteiger partial charge in [-0.3, -0.25) is 9.59 Å². The highest BCUT2D eigenvalue weighted by atomic mass is 16.1. The van der Waals surface area contributed by atoms with Crippen LogP contribution in [-0.2, 0) is 4.79 Å². The van der Waals surface area contributed by atoms with E-state index >= 15 is 0 Å². The summed E-state index contributed by atoms with van der Waals surface area (Å²) in [4.78, 5) is 26.6. The summed E-state index contributed by atoms with van der Waals surface area (Å²) in [7, 11) is 2.12. The van der Waals surface area contributed by atoms with Gasteiger partial charge in [-0.25, -0.2) is 0 Å². The molecule has 27 heavy (non-hydrogen) atoms. The Balaban J connectivity index is 1.46. The van der Waals surface area contributed by atoms with E-state index in [1.165, 1.54) is 56.2 Å². The van der Waals surface area contributed by atoms with Crippen LogP contribution in [0.5, 0.6) is 0 Å². The molecule has 0 spiro atoms. The second kappa shape index (κ2) is 9.84. The summed E-state index contributed by atoms with van der Waals surface area (Å²) in [6, 6.07) is 7.95. The zero-order valence-electron chi connectivity index (χ0n) is 16.5. The number of carbonyl (C=O) groups excluding carboxylic acids is 2. The molecule has 3 rings (SSSR count). The van der Waals surface area contributed by atoms with Crippen molar-refractivity contribution in [3.8, 4) is 0 Å². The Morgan fingerprint density at radius 2 is 1.78 bits per heavy atom. The number of hydrogen-bond donors (Lipinski definition) is 1. The van der Waals surface area contributed by atoms with E-state index in [4.69, 9.17) is 0 Å². The molecular weight excluding hydrogens is 336 g/mol. The van der Waals surface area contributed by atoms with E-state index in [1.807, 2.05) is 12.1 Å². The van der Waals surface area contributed by atoms with Gasteiger partial charge in [-0.1, -0.05) is 43.5 Å². The number of allylic oxidation sites excluding steroid dienone is 1. The minimum Gasteiger partial charge on any atom is -0.352 e. The molecule has 1 heterocycles. The topological polar surface area (TPSA) is 49.4 Å². The minimum atomic E-state index is -0.185. The van der Waals surface area contributed by atoms with Crippen LogP contribution in [-0.4, -0.2) is 43.3 Å². The van der Waals surface area contributed by atoms with Crippen molar-refractivity contribution >= 4 is 11.7 Å². The van der Waals surface area contributed by atoms with Crippen molar-refractivity contribution in [3.05, 3.63) is 47.5 Å². The summed E-state index contributed by atoms with van der Waals surface area (Å²) in [6.45, 7) is 2.84. The van der Waals surface area contributed by atoms with Crippen molar-refractivity contribution in [2.24, 2.45) is 5.92 Å². The Labute approximate surface area is 163 Å². The third-order valence-corrected chi connectivity index (χ3v) is 5.94. The Kier molecular flexibility index (Phi) is 7.22. The average molecular weight is 369 g/mol. The molecule has 1 aromatic carbocycles. The summed E-state index contributed by atoms with van der Waals surface area (Å²) in [5, 5.41) is 2.93. The van der Waals surface area contributed by atoms with Gasteiger partial charge in [0.1, 0.15) is 0 Å². The van der Waals surface area contributed by atoms with Crippen LogP contribution >= 0.6 is 0 Å². The van der Waals surface area contributed by atoms with Crippen LogP contribution in [0.1, 0.15) is 66.8 Å². The van der Waals surface area contributed by atoms with Gasteiger partial charge >= 0.3 is 0 Å². The van der Waals surface area contributed by atoms with Gasteiger partial charge < -0.3 is 10.2 Å². The number of hydrogen-bond acceptors (Lipinski definition) is 3. The highest BCUT2D eigenvalue weighted by molar-refractivity contribution is 6.07. The van der Waals surface area contributed by atoms with E-state index in [0.29, 0.717) is 23.9 Å². The Morgan fingerprint density at radius 1 is 1.04 bits per heavy atom. The fourth-order valence-corrected chi connectivity index (χ4v) is 4.35. The molecule has 1 saturated carbocycles. The first kappa shape index (κ1) is 19.8. The zero-order valence-corrected chi connectivity index (χ0v) is 16.5. The van der Waals surface area contributed by atoms with Crippen molar-refractivity contribution in [3.63, 3.8) is 0 Å². The van der Waals surface area contributed by atoms with Crippen LogP contribution in [0, 0.1) is 5.92 Å². The normalized spacial score (nSPS) is 22.0. The molecule has 4 heteroatoms. The average Bonchev–Trinajstić information content (AvgIpc) is 2.71. The van der Waals surface area contributed by atoms with E-state index in [2.05, 4.69) is 29.4 Å². The summed E-state index contributed by atoms with van der Waals surface area (Å²) in [5.41, 5.74) is 1.98. The highest BCUT2D eigenvalue weighted by Gasteiger charge is 2.17. The monoisotopic (exact) mass is 368 g/mol. The van der Waals surface area contributed by atoms with Crippen LogP contribution in [0.25, 0.3) is 0 Å². The summed E-state index contributed by atoms with van der Waals surface area (Å²) in [5.74, 6) is 0.848. The minimum absolute atomic E-state index is 0.113. The molecular formula is C23H32N2O2. The first-order valence-electron chi connectivity index (χ1n) is 10.4. The van der Waals surface area contributed by atoms with E-state index in [1.54, 1.807) is 0 Å².